The van der Waals surface area contributed by atoms with Crippen molar-refractivity contribution in [3.05, 3.63) is 90.0 Å². The maximum atomic E-state index is 14.0. The van der Waals surface area contributed by atoms with E-state index in [0.29, 0.717) is 47.4 Å². The minimum atomic E-state index is -2.64. The zero-order valence-corrected chi connectivity index (χ0v) is 27.0. The number of imidazole rings is 1. The van der Waals surface area contributed by atoms with Gasteiger partial charge in [0.15, 0.2) is 5.82 Å². The number of halogens is 2. The fraction of sp³-hybridized carbons (Fsp3) is 0.351. The molecule has 2 aromatic carbocycles. The normalized spacial score (nSPS) is 20.3. The number of ether oxygens (including phenoxy) is 1. The molecule has 10 nitrogen and oxygen atoms in total. The summed E-state index contributed by atoms with van der Waals surface area (Å²) in [6.07, 6.45) is 6.78. The number of hydrogen-bond acceptors (Lipinski definition) is 6. The molecule has 49 heavy (non-hydrogen) atoms. The highest BCUT2D eigenvalue weighted by Gasteiger charge is 2.47. The summed E-state index contributed by atoms with van der Waals surface area (Å²) in [5, 5.41) is 5.66. The number of likely N-dealkylation sites (tertiary alicyclic amines) is 1. The molecule has 3 aliphatic rings. The van der Waals surface area contributed by atoms with E-state index in [1.807, 2.05) is 29.3 Å². The number of carbonyl (C=O) groups excluding carboxylic acids is 1. The number of hydrogen-bond donors (Lipinski definition) is 1. The molecule has 2 aliphatic carbocycles. The molecule has 1 saturated heterocycles. The van der Waals surface area contributed by atoms with Gasteiger partial charge >= 0.3 is 0 Å². The van der Waals surface area contributed by atoms with Gasteiger partial charge in [0.05, 0.1) is 42.9 Å². The van der Waals surface area contributed by atoms with Crippen molar-refractivity contribution in [1.82, 2.24) is 33.8 Å². The highest BCUT2D eigenvalue weighted by molar-refractivity contribution is 6.00. The Morgan fingerprint density at radius 2 is 1.90 bits per heavy atom. The van der Waals surface area contributed by atoms with Crippen LogP contribution in [0.25, 0.3) is 39.1 Å². The molecular weight excluding hydrogens is 626 g/mol. The van der Waals surface area contributed by atoms with Crippen LogP contribution in [0.4, 0.5) is 8.78 Å². The summed E-state index contributed by atoms with van der Waals surface area (Å²) >= 11 is 0. The number of rotatable bonds is 9. The average Bonchev–Trinajstić information content (AvgIpc) is 3.43. The fourth-order valence-electron chi connectivity index (χ4n) is 7.89. The Morgan fingerprint density at radius 1 is 1.04 bits per heavy atom. The Labute approximate surface area is 281 Å². The molecule has 3 fully saturated rings. The summed E-state index contributed by atoms with van der Waals surface area (Å²) in [7, 11) is 1.62. The number of piperidine rings is 1. The van der Waals surface area contributed by atoms with Gasteiger partial charge in [0, 0.05) is 53.4 Å². The van der Waals surface area contributed by atoms with E-state index >= 15 is 0 Å². The molecule has 3 atom stereocenters. The minimum Gasteiger partial charge on any atom is -0.494 e. The van der Waals surface area contributed by atoms with Crippen molar-refractivity contribution >= 4 is 27.8 Å². The summed E-state index contributed by atoms with van der Waals surface area (Å²) in [6, 6.07) is 17.3. The number of nitrogens with zero attached hydrogens (tertiary/aromatic N) is 7. The number of para-hydroxylation sites is 1. The first-order valence-electron chi connectivity index (χ1n) is 16.9. The van der Waals surface area contributed by atoms with Crippen LogP contribution in [-0.2, 0) is 13.1 Å². The van der Waals surface area contributed by atoms with Gasteiger partial charge in [0.1, 0.15) is 17.0 Å². The summed E-state index contributed by atoms with van der Waals surface area (Å²) < 4.78 is 38.4. The Hall–Kier alpha value is -5.10. The first kappa shape index (κ1) is 30.0. The van der Waals surface area contributed by atoms with Crippen LogP contribution in [0, 0.1) is 11.8 Å². The molecule has 0 radical (unpaired) electrons. The highest BCUT2D eigenvalue weighted by Crippen LogP contribution is 2.41. The molecule has 2 unspecified atom stereocenters. The van der Waals surface area contributed by atoms with Crippen molar-refractivity contribution in [2.75, 3.05) is 13.7 Å². The van der Waals surface area contributed by atoms with Crippen LogP contribution in [0.5, 0.6) is 5.75 Å². The van der Waals surface area contributed by atoms with Gasteiger partial charge in [-0.15, -0.1) is 0 Å². The highest BCUT2D eigenvalue weighted by atomic mass is 19.3. The molecule has 2 bridgehead atoms. The van der Waals surface area contributed by atoms with Gasteiger partial charge in [-0.2, -0.15) is 5.10 Å². The predicted octanol–water partition coefficient (Wildman–Crippen LogP) is 6.20. The van der Waals surface area contributed by atoms with Gasteiger partial charge in [-0.3, -0.25) is 9.78 Å². The molecule has 0 spiro atoms. The standard InChI is InChI=1S/C37H36F2N8O2/c1-49-32-14-25(37(48)45-20-24-8-11-30(45)33(24)40)12-28-34(32)46(18-22-15-42-47(19-22)26-9-10-27(35(38)39)41-16-26)36(43-28)31-13-23-4-2-3-5-29(23)44(31)17-21-6-7-21/h2-5,9-10,12-16,19,21,24,30,33,35H,6-8,11,17-18,20,40H2,1H3/t24?,30?,33-/m1/s1. The number of aromatic nitrogens is 6. The molecule has 6 aromatic rings. The van der Waals surface area contributed by atoms with Crippen molar-refractivity contribution in [1.29, 1.82) is 0 Å². The van der Waals surface area contributed by atoms with E-state index in [9.17, 15) is 13.6 Å². The van der Waals surface area contributed by atoms with Crippen molar-refractivity contribution in [3.8, 4) is 23.0 Å². The van der Waals surface area contributed by atoms with Crippen molar-refractivity contribution in [2.45, 2.75) is 57.3 Å². The van der Waals surface area contributed by atoms with E-state index in [1.165, 1.54) is 25.1 Å². The van der Waals surface area contributed by atoms with E-state index in [0.717, 1.165) is 52.9 Å². The molecule has 2 N–H and O–H groups in total. The average molecular weight is 663 g/mol. The first-order chi connectivity index (χ1) is 23.9. The fourth-order valence-corrected chi connectivity index (χ4v) is 7.89. The molecule has 2 saturated carbocycles. The third-order valence-electron chi connectivity index (χ3n) is 10.6. The van der Waals surface area contributed by atoms with Crippen molar-refractivity contribution in [2.24, 2.45) is 17.6 Å². The van der Waals surface area contributed by atoms with Crippen molar-refractivity contribution < 1.29 is 18.3 Å². The number of alkyl halides is 2. The van der Waals surface area contributed by atoms with E-state index in [1.54, 1.807) is 24.1 Å². The van der Waals surface area contributed by atoms with Gasteiger partial charge in [0.2, 0.25) is 0 Å². The van der Waals surface area contributed by atoms with Crippen LogP contribution in [0.15, 0.2) is 73.2 Å². The molecule has 5 heterocycles. The van der Waals surface area contributed by atoms with E-state index in [2.05, 4.69) is 43.5 Å². The molecule has 1 amide bonds. The minimum absolute atomic E-state index is 0.0210. The Kier molecular flexibility index (Phi) is 7.04. The lowest BCUT2D eigenvalue weighted by Gasteiger charge is -2.27. The van der Waals surface area contributed by atoms with Crippen LogP contribution in [0.1, 0.15) is 53.7 Å². The monoisotopic (exact) mass is 662 g/mol. The van der Waals surface area contributed by atoms with Gasteiger partial charge in [-0.25, -0.2) is 18.4 Å². The number of fused-ring (bicyclic) bond motifs is 4. The second kappa shape index (κ2) is 11.5. The summed E-state index contributed by atoms with van der Waals surface area (Å²) in [6.45, 7) is 1.97. The summed E-state index contributed by atoms with van der Waals surface area (Å²) in [5.41, 5.74) is 11.7. The quantitative estimate of drug-likeness (QED) is 0.197. The van der Waals surface area contributed by atoms with Crippen LogP contribution in [0.2, 0.25) is 0 Å². The molecule has 250 valence electrons. The lowest BCUT2D eigenvalue weighted by Crippen LogP contribution is -2.41. The van der Waals surface area contributed by atoms with Gasteiger partial charge < -0.3 is 24.5 Å². The predicted molar refractivity (Wildman–Crippen MR) is 181 cm³/mol. The van der Waals surface area contributed by atoms with Crippen LogP contribution in [0.3, 0.4) is 0 Å². The van der Waals surface area contributed by atoms with Crippen LogP contribution >= 0.6 is 0 Å². The van der Waals surface area contributed by atoms with Crippen LogP contribution < -0.4 is 10.5 Å². The van der Waals surface area contributed by atoms with E-state index in [4.69, 9.17) is 15.5 Å². The van der Waals surface area contributed by atoms with E-state index in [-0.39, 0.29) is 23.7 Å². The number of nitrogens with two attached hydrogens (primary N) is 1. The second-order valence-electron chi connectivity index (χ2n) is 13.7. The number of carbonyl (C=O) groups is 1. The third kappa shape index (κ3) is 5.08. The maximum absolute atomic E-state index is 14.0. The zero-order valence-electron chi connectivity index (χ0n) is 27.0. The Bertz CT molecular complexity index is 2220. The second-order valence-corrected chi connectivity index (χ2v) is 13.7. The SMILES string of the molecule is COc1cc(C(=O)N2CC3CCC2[C@@H]3N)cc2nc(-c3cc4ccccc4n3CC3CC3)n(Cc3cnn(-c4ccc(C(F)F)nc4)c3)c12. The van der Waals surface area contributed by atoms with Gasteiger partial charge in [-0.1, -0.05) is 18.2 Å². The maximum Gasteiger partial charge on any atom is 0.280 e. The molecule has 12 heteroatoms. The molecular formula is C37H36F2N8O2. The van der Waals surface area contributed by atoms with Gasteiger partial charge in [-0.05, 0) is 73.9 Å². The topological polar surface area (TPSA) is 109 Å². The third-order valence-corrected chi connectivity index (χ3v) is 10.6. The largest absolute Gasteiger partial charge is 0.494 e. The van der Waals surface area contributed by atoms with Gasteiger partial charge in [0.25, 0.3) is 12.3 Å². The van der Waals surface area contributed by atoms with E-state index < -0.39 is 6.43 Å². The Balaban J connectivity index is 1.17. The zero-order chi connectivity index (χ0) is 33.4. The number of pyridine rings is 1. The Morgan fingerprint density at radius 3 is 2.61 bits per heavy atom. The molecule has 4 aromatic heterocycles. The lowest BCUT2D eigenvalue weighted by atomic mass is 10.1. The lowest BCUT2D eigenvalue weighted by molar-refractivity contribution is 0.0700. The first-order valence-corrected chi connectivity index (χ1v) is 16.9. The van der Waals surface area contributed by atoms with Crippen LogP contribution in [-0.4, -0.2) is 65.4 Å². The van der Waals surface area contributed by atoms with Crippen molar-refractivity contribution in [3.63, 3.8) is 0 Å². The summed E-state index contributed by atoms with van der Waals surface area (Å²) in [5.74, 6) is 2.23. The number of methoxy groups -OCH3 is 1. The molecule has 9 rings (SSSR count). The number of amides is 1. The molecule has 1 aliphatic heterocycles. The summed E-state index contributed by atoms with van der Waals surface area (Å²) in [4.78, 5) is 25.0. The smallest absolute Gasteiger partial charge is 0.280 e. The number of benzene rings is 2.